The van der Waals surface area contributed by atoms with Crippen LogP contribution in [0.15, 0.2) is 16.6 Å². The largest absolute Gasteiger partial charge is 0.493 e. The van der Waals surface area contributed by atoms with E-state index in [1.54, 1.807) is 0 Å². The summed E-state index contributed by atoms with van der Waals surface area (Å²) in [4.78, 5) is 22.6. The molecule has 1 aliphatic carbocycles. The minimum absolute atomic E-state index is 0.0734. The first-order valence-electron chi connectivity index (χ1n) is 6.51. The fourth-order valence-electron chi connectivity index (χ4n) is 1.75. The molecule has 0 radical (unpaired) electrons. The van der Waals surface area contributed by atoms with Gasteiger partial charge in [0, 0.05) is 6.54 Å². The van der Waals surface area contributed by atoms with Crippen molar-refractivity contribution in [2.75, 3.05) is 20.3 Å². The summed E-state index contributed by atoms with van der Waals surface area (Å²) in [6.07, 6.45) is 2.33. The summed E-state index contributed by atoms with van der Waals surface area (Å²) < 4.78 is 11.0. The van der Waals surface area contributed by atoms with E-state index >= 15 is 0 Å². The maximum Gasteiger partial charge on any atom is 0.335 e. The van der Waals surface area contributed by atoms with Crippen molar-refractivity contribution < 1.29 is 24.2 Å². The average molecular weight is 358 g/mol. The molecule has 2 rings (SSSR count). The van der Waals surface area contributed by atoms with Crippen molar-refractivity contribution in [1.29, 1.82) is 0 Å². The second-order valence-electron chi connectivity index (χ2n) is 4.83. The van der Waals surface area contributed by atoms with Crippen LogP contribution < -0.4 is 14.8 Å². The summed E-state index contributed by atoms with van der Waals surface area (Å²) >= 11 is 3.23. The lowest BCUT2D eigenvalue weighted by Gasteiger charge is -2.13. The van der Waals surface area contributed by atoms with Crippen molar-refractivity contribution in [2.45, 2.75) is 12.8 Å². The molecule has 0 spiro atoms. The Bertz CT molecular complexity index is 557. The lowest BCUT2D eigenvalue weighted by molar-refractivity contribution is -0.123. The number of hydrogen-bond donors (Lipinski definition) is 2. The van der Waals surface area contributed by atoms with Crippen LogP contribution in [-0.2, 0) is 4.79 Å². The molecule has 0 unspecified atom stereocenters. The predicted octanol–water partition coefficient (Wildman–Crippen LogP) is 2.06. The molecule has 2 N–H and O–H groups in total. The van der Waals surface area contributed by atoms with Gasteiger partial charge in [0.05, 0.1) is 17.1 Å². The van der Waals surface area contributed by atoms with Gasteiger partial charge in [-0.3, -0.25) is 4.79 Å². The Balaban J connectivity index is 2.00. The van der Waals surface area contributed by atoms with Gasteiger partial charge in [-0.25, -0.2) is 4.79 Å². The summed E-state index contributed by atoms with van der Waals surface area (Å²) in [5, 5.41) is 11.8. The highest BCUT2D eigenvalue weighted by Crippen LogP contribution is 2.36. The number of carbonyl (C=O) groups excluding carboxylic acids is 1. The monoisotopic (exact) mass is 357 g/mol. The fraction of sp³-hybridized carbons (Fsp3) is 0.429. The van der Waals surface area contributed by atoms with Gasteiger partial charge in [-0.1, -0.05) is 0 Å². The van der Waals surface area contributed by atoms with Crippen molar-refractivity contribution in [3.8, 4) is 11.5 Å². The number of carboxylic acid groups (broad SMARTS) is 1. The molecule has 1 fully saturated rings. The highest BCUT2D eigenvalue weighted by molar-refractivity contribution is 9.10. The number of aromatic carboxylic acids is 1. The molecule has 0 bridgehead atoms. The second-order valence-corrected chi connectivity index (χ2v) is 5.69. The minimum Gasteiger partial charge on any atom is -0.493 e. The Morgan fingerprint density at radius 2 is 2.14 bits per heavy atom. The molecule has 1 aromatic carbocycles. The topological polar surface area (TPSA) is 84.9 Å². The van der Waals surface area contributed by atoms with E-state index < -0.39 is 5.97 Å². The zero-order chi connectivity index (χ0) is 15.4. The number of amides is 1. The summed E-state index contributed by atoms with van der Waals surface area (Å²) in [7, 11) is 1.41. The van der Waals surface area contributed by atoms with E-state index in [0.29, 0.717) is 22.7 Å². The maximum atomic E-state index is 11.6. The number of carbonyl (C=O) groups is 2. The van der Waals surface area contributed by atoms with E-state index in [2.05, 4.69) is 21.2 Å². The molecule has 21 heavy (non-hydrogen) atoms. The van der Waals surface area contributed by atoms with Gasteiger partial charge in [-0.2, -0.15) is 0 Å². The SMILES string of the molecule is COc1cc(C(=O)O)cc(Br)c1OCC(=O)NCC1CC1. The van der Waals surface area contributed by atoms with Gasteiger partial charge in [0.2, 0.25) is 0 Å². The average Bonchev–Trinajstić information content (AvgIpc) is 3.26. The number of benzene rings is 1. The van der Waals surface area contributed by atoms with E-state index in [9.17, 15) is 9.59 Å². The quantitative estimate of drug-likeness (QED) is 0.780. The van der Waals surface area contributed by atoms with Crippen molar-refractivity contribution in [2.24, 2.45) is 5.92 Å². The van der Waals surface area contributed by atoms with E-state index in [1.807, 2.05) is 0 Å². The summed E-state index contributed by atoms with van der Waals surface area (Å²) in [5.74, 6) is -0.105. The van der Waals surface area contributed by atoms with Gasteiger partial charge in [0.15, 0.2) is 18.1 Å². The van der Waals surface area contributed by atoms with Gasteiger partial charge in [-0.15, -0.1) is 0 Å². The number of nitrogens with one attached hydrogen (secondary N) is 1. The Labute approximate surface area is 130 Å². The van der Waals surface area contributed by atoms with Crippen molar-refractivity contribution in [3.05, 3.63) is 22.2 Å². The zero-order valence-corrected chi connectivity index (χ0v) is 13.1. The predicted molar refractivity (Wildman–Crippen MR) is 78.9 cm³/mol. The standard InChI is InChI=1S/C14H16BrNO5/c1-20-11-5-9(14(18)19)4-10(15)13(11)21-7-12(17)16-6-8-2-3-8/h4-5,8H,2-3,6-7H2,1H3,(H,16,17)(H,18,19). The smallest absolute Gasteiger partial charge is 0.335 e. The number of carboxylic acids is 1. The molecule has 1 aliphatic rings. The highest BCUT2D eigenvalue weighted by atomic mass is 79.9. The van der Waals surface area contributed by atoms with Crippen LogP contribution in [0.1, 0.15) is 23.2 Å². The first-order valence-corrected chi connectivity index (χ1v) is 7.31. The number of methoxy groups -OCH3 is 1. The highest BCUT2D eigenvalue weighted by Gasteiger charge is 2.22. The zero-order valence-electron chi connectivity index (χ0n) is 11.5. The molecule has 1 amide bonds. The van der Waals surface area contributed by atoms with Gasteiger partial charge >= 0.3 is 5.97 Å². The first-order chi connectivity index (χ1) is 10.0. The number of hydrogen-bond acceptors (Lipinski definition) is 4. The number of rotatable bonds is 7. The third-order valence-electron chi connectivity index (χ3n) is 3.11. The molecular formula is C14H16BrNO5. The molecule has 7 heteroatoms. The molecule has 1 saturated carbocycles. The summed E-state index contributed by atoms with van der Waals surface area (Å²) in [5.41, 5.74) is 0.0734. The van der Waals surface area contributed by atoms with Crippen LogP contribution in [-0.4, -0.2) is 37.2 Å². The Morgan fingerprint density at radius 3 is 2.71 bits per heavy atom. The van der Waals surface area contributed by atoms with E-state index in [0.717, 1.165) is 12.8 Å². The van der Waals surface area contributed by atoms with Crippen LogP contribution in [0.4, 0.5) is 0 Å². The fourth-order valence-corrected chi connectivity index (χ4v) is 2.31. The minimum atomic E-state index is -1.07. The Kier molecular flexibility index (Phi) is 5.06. The Morgan fingerprint density at radius 1 is 1.43 bits per heavy atom. The van der Waals surface area contributed by atoms with E-state index in [4.69, 9.17) is 14.6 Å². The maximum absolute atomic E-state index is 11.6. The third-order valence-corrected chi connectivity index (χ3v) is 3.70. The molecule has 0 atom stereocenters. The summed E-state index contributed by atoms with van der Waals surface area (Å²) in [6, 6.07) is 2.76. The molecule has 0 saturated heterocycles. The molecule has 0 aliphatic heterocycles. The normalized spacial score (nSPS) is 13.6. The van der Waals surface area contributed by atoms with Crippen molar-refractivity contribution in [1.82, 2.24) is 5.32 Å². The van der Waals surface area contributed by atoms with Crippen LogP contribution in [0, 0.1) is 5.92 Å². The molecular weight excluding hydrogens is 342 g/mol. The second kappa shape index (κ2) is 6.80. The van der Waals surface area contributed by atoms with E-state index in [-0.39, 0.29) is 23.8 Å². The van der Waals surface area contributed by atoms with Gasteiger partial charge in [0.1, 0.15) is 0 Å². The molecule has 114 valence electrons. The molecule has 0 aromatic heterocycles. The van der Waals surface area contributed by atoms with Gasteiger partial charge in [-0.05, 0) is 46.8 Å². The van der Waals surface area contributed by atoms with Crippen LogP contribution in [0.3, 0.4) is 0 Å². The number of ether oxygens (including phenoxy) is 2. The lowest BCUT2D eigenvalue weighted by atomic mass is 10.2. The van der Waals surface area contributed by atoms with Crippen molar-refractivity contribution >= 4 is 27.8 Å². The molecule has 0 heterocycles. The number of halogens is 1. The van der Waals surface area contributed by atoms with Crippen LogP contribution in [0.25, 0.3) is 0 Å². The first kappa shape index (κ1) is 15.6. The van der Waals surface area contributed by atoms with E-state index in [1.165, 1.54) is 19.2 Å². The van der Waals surface area contributed by atoms with Crippen LogP contribution in [0.2, 0.25) is 0 Å². The Hall–Kier alpha value is -1.76. The van der Waals surface area contributed by atoms with Crippen LogP contribution in [0.5, 0.6) is 11.5 Å². The molecule has 1 aromatic rings. The summed E-state index contributed by atoms with van der Waals surface area (Å²) in [6.45, 7) is 0.534. The van der Waals surface area contributed by atoms with Crippen LogP contribution >= 0.6 is 15.9 Å². The lowest BCUT2D eigenvalue weighted by Crippen LogP contribution is -2.30. The van der Waals surface area contributed by atoms with Gasteiger partial charge < -0.3 is 19.9 Å². The third kappa shape index (κ3) is 4.35. The van der Waals surface area contributed by atoms with Crippen molar-refractivity contribution in [3.63, 3.8) is 0 Å². The molecule has 6 nitrogen and oxygen atoms in total. The van der Waals surface area contributed by atoms with Gasteiger partial charge in [0.25, 0.3) is 5.91 Å².